The molecule has 3 rings (SSSR count). The van der Waals surface area contributed by atoms with Crippen molar-refractivity contribution in [2.45, 2.75) is 39.0 Å². The summed E-state index contributed by atoms with van der Waals surface area (Å²) in [5.41, 5.74) is 0.351. The third kappa shape index (κ3) is 5.24. The van der Waals surface area contributed by atoms with Crippen LogP contribution in [0.5, 0.6) is 6.01 Å². The number of aryl methyl sites for hydroxylation is 1. The number of rotatable bonds is 8. The van der Waals surface area contributed by atoms with E-state index in [9.17, 15) is 9.59 Å². The van der Waals surface area contributed by atoms with Gasteiger partial charge in [0.25, 0.3) is 5.56 Å². The van der Waals surface area contributed by atoms with Crippen LogP contribution in [0.15, 0.2) is 25.2 Å². The van der Waals surface area contributed by atoms with Crippen molar-refractivity contribution in [3.63, 3.8) is 0 Å². The van der Waals surface area contributed by atoms with Crippen molar-refractivity contribution < 1.29 is 18.7 Å². The molecule has 0 amide bonds. The summed E-state index contributed by atoms with van der Waals surface area (Å²) in [7, 11) is 0. The highest BCUT2D eigenvalue weighted by Crippen LogP contribution is 2.15. The molecule has 2 aromatic heterocycles. The van der Waals surface area contributed by atoms with Crippen LogP contribution in [0.1, 0.15) is 38.2 Å². The lowest BCUT2D eigenvalue weighted by Crippen LogP contribution is -2.17. The second-order valence-electron chi connectivity index (χ2n) is 6.22. The molecule has 0 aromatic carbocycles. The van der Waals surface area contributed by atoms with Gasteiger partial charge in [-0.2, -0.15) is 4.98 Å². The molecule has 9 nitrogen and oxygen atoms in total. The molecule has 0 saturated carbocycles. The van der Waals surface area contributed by atoms with Gasteiger partial charge in [0.15, 0.2) is 0 Å². The van der Waals surface area contributed by atoms with Gasteiger partial charge >= 0.3 is 11.6 Å². The molecule has 9 heteroatoms. The van der Waals surface area contributed by atoms with Crippen LogP contribution in [-0.4, -0.2) is 42.1 Å². The molecule has 0 aliphatic carbocycles. The Bertz CT molecular complexity index is 909. The Labute approximate surface area is 155 Å². The molecule has 0 spiro atoms. The predicted octanol–water partition coefficient (Wildman–Crippen LogP) is 1.78. The van der Waals surface area contributed by atoms with Crippen molar-refractivity contribution >= 4 is 16.8 Å². The molecule has 0 atom stereocenters. The lowest BCUT2D eigenvalue weighted by Gasteiger charge is -2.12. The van der Waals surface area contributed by atoms with Gasteiger partial charge < -0.3 is 18.7 Å². The van der Waals surface area contributed by atoms with Crippen molar-refractivity contribution in [2.75, 3.05) is 26.4 Å². The fraction of sp³-hybridized carbons (Fsp3) is 0.556. The summed E-state index contributed by atoms with van der Waals surface area (Å²) in [5, 5.41) is 4.24. The summed E-state index contributed by atoms with van der Waals surface area (Å²) in [6.07, 6.45) is 3.47. The third-order valence-electron chi connectivity index (χ3n) is 4.09. The van der Waals surface area contributed by atoms with Crippen LogP contribution >= 0.6 is 0 Å². The average Bonchev–Trinajstić information content (AvgIpc) is 2.66. The number of nitrogens with one attached hydrogen (secondary N) is 1. The van der Waals surface area contributed by atoms with Crippen LogP contribution in [0, 0.1) is 0 Å². The van der Waals surface area contributed by atoms with E-state index in [-0.39, 0.29) is 17.1 Å². The number of hydrogen-bond donors (Lipinski definition) is 1. The molecule has 1 aliphatic rings. The SMILES string of the molecule is CCCOCCCc1cc(=O)oc2nc(ON=C3CCOCC3)[nH]c(=O)c12. The van der Waals surface area contributed by atoms with Gasteiger partial charge in [-0.15, -0.1) is 0 Å². The van der Waals surface area contributed by atoms with E-state index in [2.05, 4.69) is 15.1 Å². The van der Waals surface area contributed by atoms with E-state index in [1.165, 1.54) is 6.07 Å². The maximum Gasteiger partial charge on any atom is 0.337 e. The smallest absolute Gasteiger partial charge is 0.337 e. The van der Waals surface area contributed by atoms with Crippen LogP contribution in [0.25, 0.3) is 11.1 Å². The van der Waals surface area contributed by atoms with E-state index < -0.39 is 11.2 Å². The Balaban J connectivity index is 1.80. The molecule has 146 valence electrons. The first kappa shape index (κ1) is 19.2. The Morgan fingerprint density at radius 3 is 2.85 bits per heavy atom. The fourth-order valence-corrected chi connectivity index (χ4v) is 2.79. The summed E-state index contributed by atoms with van der Waals surface area (Å²) >= 11 is 0. The van der Waals surface area contributed by atoms with Gasteiger partial charge in [0.1, 0.15) is 5.39 Å². The number of aromatic nitrogens is 2. The van der Waals surface area contributed by atoms with Gasteiger partial charge in [0, 0.05) is 32.1 Å². The molecule has 1 saturated heterocycles. The number of oxime groups is 1. The number of nitrogens with zero attached hydrogens (tertiary/aromatic N) is 2. The summed E-state index contributed by atoms with van der Waals surface area (Å²) in [5.74, 6) is 0. The lowest BCUT2D eigenvalue weighted by atomic mass is 10.1. The van der Waals surface area contributed by atoms with Gasteiger partial charge in [-0.3, -0.25) is 9.78 Å². The van der Waals surface area contributed by atoms with Crippen LogP contribution in [0.3, 0.4) is 0 Å². The minimum atomic E-state index is -0.563. The topological polar surface area (TPSA) is 116 Å². The first-order chi connectivity index (χ1) is 13.2. The first-order valence-electron chi connectivity index (χ1n) is 9.12. The molecule has 0 bridgehead atoms. The summed E-state index contributed by atoms with van der Waals surface area (Å²) < 4.78 is 15.8. The Hall–Kier alpha value is -2.52. The zero-order chi connectivity index (χ0) is 19.1. The van der Waals surface area contributed by atoms with E-state index >= 15 is 0 Å². The molecule has 1 fully saturated rings. The van der Waals surface area contributed by atoms with Crippen molar-refractivity contribution in [1.29, 1.82) is 0 Å². The van der Waals surface area contributed by atoms with E-state index in [0.29, 0.717) is 57.7 Å². The quantitative estimate of drug-likeness (QED) is 0.550. The van der Waals surface area contributed by atoms with E-state index in [1.54, 1.807) is 0 Å². The number of H-pyrrole nitrogens is 1. The molecule has 2 aromatic rings. The van der Waals surface area contributed by atoms with E-state index in [4.69, 9.17) is 18.7 Å². The average molecular weight is 377 g/mol. The molecule has 0 radical (unpaired) electrons. The van der Waals surface area contributed by atoms with Gasteiger partial charge in [0.2, 0.25) is 5.71 Å². The molecule has 27 heavy (non-hydrogen) atoms. The maximum absolute atomic E-state index is 12.5. The van der Waals surface area contributed by atoms with E-state index in [1.807, 2.05) is 6.92 Å². The first-order valence-corrected chi connectivity index (χ1v) is 9.12. The zero-order valence-corrected chi connectivity index (χ0v) is 15.3. The number of aromatic amines is 1. The third-order valence-corrected chi connectivity index (χ3v) is 4.09. The molecule has 0 unspecified atom stereocenters. The van der Waals surface area contributed by atoms with Gasteiger partial charge in [0.05, 0.1) is 18.9 Å². The van der Waals surface area contributed by atoms with Gasteiger partial charge in [-0.1, -0.05) is 12.1 Å². The summed E-state index contributed by atoms with van der Waals surface area (Å²) in [6, 6.07) is 1.21. The molecule has 3 heterocycles. The number of ether oxygens (including phenoxy) is 2. The minimum Gasteiger partial charge on any atom is -0.403 e. The van der Waals surface area contributed by atoms with Crippen molar-refractivity contribution in [3.8, 4) is 6.01 Å². The molecular weight excluding hydrogens is 354 g/mol. The van der Waals surface area contributed by atoms with Crippen LogP contribution < -0.4 is 16.0 Å². The number of fused-ring (bicyclic) bond motifs is 1. The highest BCUT2D eigenvalue weighted by Gasteiger charge is 2.14. The minimum absolute atomic E-state index is 0.0575. The van der Waals surface area contributed by atoms with Crippen LogP contribution in [0.4, 0.5) is 0 Å². The molecule has 1 N–H and O–H groups in total. The Morgan fingerprint density at radius 2 is 2.07 bits per heavy atom. The second kappa shape index (κ2) is 9.43. The highest BCUT2D eigenvalue weighted by atomic mass is 16.6. The molecule has 1 aliphatic heterocycles. The molecular formula is C18H23N3O6. The van der Waals surface area contributed by atoms with Gasteiger partial charge in [-0.05, 0) is 24.8 Å². The largest absolute Gasteiger partial charge is 0.403 e. The van der Waals surface area contributed by atoms with Crippen LogP contribution in [-0.2, 0) is 15.9 Å². The normalized spacial score (nSPS) is 14.5. The highest BCUT2D eigenvalue weighted by molar-refractivity contribution is 5.84. The zero-order valence-electron chi connectivity index (χ0n) is 15.3. The lowest BCUT2D eigenvalue weighted by molar-refractivity contribution is 0.132. The maximum atomic E-state index is 12.5. The van der Waals surface area contributed by atoms with Gasteiger partial charge in [-0.25, -0.2) is 4.79 Å². The number of hydrogen-bond acceptors (Lipinski definition) is 8. The standard InChI is InChI=1S/C18H23N3O6/c1-2-7-24-8-3-4-12-11-14(22)26-17-15(12)16(23)19-18(20-17)27-21-13-5-9-25-10-6-13/h11H,2-10H2,1H3,(H,19,20,23). The van der Waals surface area contributed by atoms with Crippen molar-refractivity contribution in [3.05, 3.63) is 32.4 Å². The second-order valence-corrected chi connectivity index (χ2v) is 6.22. The Kier molecular flexibility index (Phi) is 6.72. The van der Waals surface area contributed by atoms with Crippen molar-refractivity contribution in [2.24, 2.45) is 5.16 Å². The summed E-state index contributed by atoms with van der Waals surface area (Å²) in [6.45, 7) is 4.46. The van der Waals surface area contributed by atoms with E-state index in [0.717, 1.165) is 12.1 Å². The summed E-state index contributed by atoms with van der Waals surface area (Å²) in [4.78, 5) is 36.2. The predicted molar refractivity (Wildman–Crippen MR) is 98.4 cm³/mol. The Morgan fingerprint density at radius 1 is 1.26 bits per heavy atom. The van der Waals surface area contributed by atoms with Crippen LogP contribution in [0.2, 0.25) is 0 Å². The monoisotopic (exact) mass is 377 g/mol. The van der Waals surface area contributed by atoms with Crippen molar-refractivity contribution in [1.82, 2.24) is 9.97 Å². The fourth-order valence-electron chi connectivity index (χ4n) is 2.79.